The lowest BCUT2D eigenvalue weighted by atomic mass is 10.2. The molecule has 0 saturated carbocycles. The number of ether oxygens (including phenoxy) is 1. The molecule has 0 unspecified atom stereocenters. The number of aromatic nitrogens is 1. The maximum absolute atomic E-state index is 14.0. The summed E-state index contributed by atoms with van der Waals surface area (Å²) in [6, 6.07) is 3.79. The van der Waals surface area contributed by atoms with Gasteiger partial charge in [-0.15, -0.1) is 11.3 Å². The molecule has 142 valence electrons. The minimum atomic E-state index is -3.03. The van der Waals surface area contributed by atoms with Crippen molar-refractivity contribution in [1.82, 2.24) is 15.6 Å². The van der Waals surface area contributed by atoms with Crippen LogP contribution in [-0.4, -0.2) is 24.1 Å². The predicted octanol–water partition coefficient (Wildman–Crippen LogP) is 3.76. The molecule has 0 saturated heterocycles. The molecule has 1 aromatic carbocycles. The predicted molar refractivity (Wildman–Crippen MR) is 96.3 cm³/mol. The highest BCUT2D eigenvalue weighted by molar-refractivity contribution is 7.11. The van der Waals surface area contributed by atoms with E-state index in [1.54, 1.807) is 11.3 Å². The van der Waals surface area contributed by atoms with Gasteiger partial charge >= 0.3 is 6.61 Å². The second kappa shape index (κ2) is 9.42. The Morgan fingerprint density at radius 2 is 2.08 bits per heavy atom. The Labute approximate surface area is 154 Å². The molecule has 0 amide bonds. The van der Waals surface area contributed by atoms with Crippen LogP contribution in [0.1, 0.15) is 28.1 Å². The first-order chi connectivity index (χ1) is 12.4. The highest BCUT2D eigenvalue weighted by atomic mass is 32.1. The van der Waals surface area contributed by atoms with Crippen LogP contribution < -0.4 is 15.4 Å². The van der Waals surface area contributed by atoms with E-state index in [-0.39, 0.29) is 17.9 Å². The van der Waals surface area contributed by atoms with Crippen LogP contribution in [0.4, 0.5) is 13.2 Å². The Morgan fingerprint density at radius 1 is 1.31 bits per heavy atom. The Kier molecular flexibility index (Phi) is 7.26. The average Bonchev–Trinajstić information content (AvgIpc) is 2.89. The van der Waals surface area contributed by atoms with Gasteiger partial charge in [0, 0.05) is 11.4 Å². The van der Waals surface area contributed by atoms with Crippen molar-refractivity contribution in [3.8, 4) is 5.75 Å². The number of hydrogen-bond acceptors (Lipinski definition) is 4. The van der Waals surface area contributed by atoms with Gasteiger partial charge in [-0.25, -0.2) is 14.4 Å². The topological polar surface area (TPSA) is 58.5 Å². The molecule has 2 rings (SSSR count). The van der Waals surface area contributed by atoms with Gasteiger partial charge in [-0.05, 0) is 32.9 Å². The van der Waals surface area contributed by atoms with Gasteiger partial charge in [0.25, 0.3) is 0 Å². The van der Waals surface area contributed by atoms with Crippen molar-refractivity contribution in [2.24, 2.45) is 4.99 Å². The molecule has 1 aromatic heterocycles. The van der Waals surface area contributed by atoms with E-state index in [2.05, 4.69) is 25.3 Å². The minimum absolute atomic E-state index is 0.0223. The van der Waals surface area contributed by atoms with Crippen molar-refractivity contribution in [3.63, 3.8) is 0 Å². The van der Waals surface area contributed by atoms with Gasteiger partial charge in [0.1, 0.15) is 16.6 Å². The smallest absolute Gasteiger partial charge is 0.387 e. The molecule has 26 heavy (non-hydrogen) atoms. The van der Waals surface area contributed by atoms with Gasteiger partial charge in [-0.3, -0.25) is 0 Å². The zero-order valence-corrected chi connectivity index (χ0v) is 15.6. The van der Waals surface area contributed by atoms with Crippen molar-refractivity contribution in [2.75, 3.05) is 6.54 Å². The van der Waals surface area contributed by atoms with Crippen LogP contribution >= 0.6 is 11.3 Å². The SMILES string of the molecule is CCNC(=NCc1c(F)cccc1OC(F)F)NCc1nc(C)c(C)s1. The Balaban J connectivity index is 2.11. The number of halogens is 3. The molecule has 0 aliphatic rings. The molecular formula is C17H21F3N4OS. The average molecular weight is 386 g/mol. The number of aryl methyl sites for hydroxylation is 2. The third-order valence-electron chi connectivity index (χ3n) is 3.51. The Bertz CT molecular complexity index is 745. The molecule has 0 radical (unpaired) electrons. The molecule has 0 spiro atoms. The van der Waals surface area contributed by atoms with Gasteiger partial charge in [0.05, 0.1) is 24.3 Å². The quantitative estimate of drug-likeness (QED) is 0.562. The lowest BCUT2D eigenvalue weighted by Crippen LogP contribution is -2.36. The van der Waals surface area contributed by atoms with Crippen LogP contribution in [0.3, 0.4) is 0 Å². The number of thiazole rings is 1. The third kappa shape index (κ3) is 5.62. The first-order valence-corrected chi connectivity index (χ1v) is 8.89. The highest BCUT2D eigenvalue weighted by Gasteiger charge is 2.14. The number of benzene rings is 1. The Morgan fingerprint density at radius 3 is 2.69 bits per heavy atom. The Hall–Kier alpha value is -2.29. The van der Waals surface area contributed by atoms with Crippen molar-refractivity contribution < 1.29 is 17.9 Å². The summed E-state index contributed by atoms with van der Waals surface area (Å²) in [5.41, 5.74) is 0.958. The fraction of sp³-hybridized carbons (Fsp3) is 0.412. The summed E-state index contributed by atoms with van der Waals surface area (Å²) in [6.45, 7) is 3.73. The fourth-order valence-corrected chi connectivity index (χ4v) is 3.05. The molecule has 2 aromatic rings. The van der Waals surface area contributed by atoms with Gasteiger partial charge in [0.2, 0.25) is 0 Å². The van der Waals surface area contributed by atoms with Crippen molar-refractivity contribution in [3.05, 3.63) is 45.2 Å². The molecule has 0 atom stereocenters. The largest absolute Gasteiger partial charge is 0.434 e. The normalized spacial score (nSPS) is 11.7. The first-order valence-electron chi connectivity index (χ1n) is 8.08. The summed E-state index contributed by atoms with van der Waals surface area (Å²) >= 11 is 1.58. The number of guanidine groups is 1. The van der Waals surface area contributed by atoms with E-state index < -0.39 is 12.4 Å². The van der Waals surface area contributed by atoms with E-state index in [1.165, 1.54) is 18.2 Å². The monoisotopic (exact) mass is 386 g/mol. The van der Waals surface area contributed by atoms with Gasteiger partial charge in [-0.1, -0.05) is 6.07 Å². The minimum Gasteiger partial charge on any atom is -0.434 e. The van der Waals surface area contributed by atoms with Crippen LogP contribution in [-0.2, 0) is 13.1 Å². The van der Waals surface area contributed by atoms with Crippen molar-refractivity contribution >= 4 is 17.3 Å². The molecule has 9 heteroatoms. The number of nitrogens with one attached hydrogen (secondary N) is 2. The first kappa shape index (κ1) is 20.0. The van der Waals surface area contributed by atoms with E-state index in [9.17, 15) is 13.2 Å². The lowest BCUT2D eigenvalue weighted by Gasteiger charge is -2.12. The second-order valence-electron chi connectivity index (χ2n) is 5.39. The van der Waals surface area contributed by atoms with Gasteiger partial charge < -0.3 is 15.4 Å². The maximum atomic E-state index is 14.0. The van der Waals surface area contributed by atoms with Gasteiger partial charge in [0.15, 0.2) is 5.96 Å². The summed E-state index contributed by atoms with van der Waals surface area (Å²) in [7, 11) is 0. The van der Waals surface area contributed by atoms with Crippen molar-refractivity contribution in [2.45, 2.75) is 40.5 Å². The van der Waals surface area contributed by atoms with Crippen molar-refractivity contribution in [1.29, 1.82) is 0 Å². The molecule has 0 bridgehead atoms. The standard InChI is InChI=1S/C17H21F3N4OS/c1-4-21-17(23-9-15-24-10(2)11(3)26-15)22-8-12-13(18)6-5-7-14(12)25-16(19)20/h5-7,16H,4,8-9H2,1-3H3,(H2,21,22,23). The number of hydrogen-bond donors (Lipinski definition) is 2. The number of alkyl halides is 2. The number of nitrogens with zero attached hydrogens (tertiary/aromatic N) is 2. The van der Waals surface area contributed by atoms with E-state index in [0.717, 1.165) is 15.6 Å². The maximum Gasteiger partial charge on any atom is 0.387 e. The lowest BCUT2D eigenvalue weighted by molar-refractivity contribution is -0.0506. The third-order valence-corrected chi connectivity index (χ3v) is 4.58. The molecular weight excluding hydrogens is 365 g/mol. The summed E-state index contributed by atoms with van der Waals surface area (Å²) in [4.78, 5) is 9.84. The molecule has 0 aliphatic heterocycles. The van der Waals surface area contributed by atoms with E-state index >= 15 is 0 Å². The van der Waals surface area contributed by atoms with Crippen LogP contribution in [0.2, 0.25) is 0 Å². The van der Waals surface area contributed by atoms with E-state index in [1.807, 2.05) is 20.8 Å². The molecule has 1 heterocycles. The zero-order chi connectivity index (χ0) is 19.1. The molecule has 0 fully saturated rings. The zero-order valence-electron chi connectivity index (χ0n) is 14.8. The van der Waals surface area contributed by atoms with Crippen LogP contribution in [0, 0.1) is 19.7 Å². The highest BCUT2D eigenvalue weighted by Crippen LogP contribution is 2.24. The van der Waals surface area contributed by atoms with Crippen LogP contribution in [0.5, 0.6) is 5.75 Å². The molecule has 0 aliphatic carbocycles. The molecule has 5 nitrogen and oxygen atoms in total. The fourth-order valence-electron chi connectivity index (χ4n) is 2.17. The van der Waals surface area contributed by atoms with E-state index in [0.29, 0.717) is 19.0 Å². The molecule has 2 N–H and O–H groups in total. The van der Waals surface area contributed by atoms with Gasteiger partial charge in [-0.2, -0.15) is 8.78 Å². The van der Waals surface area contributed by atoms with E-state index in [4.69, 9.17) is 0 Å². The van der Waals surface area contributed by atoms with Crippen LogP contribution in [0.25, 0.3) is 0 Å². The summed E-state index contributed by atoms with van der Waals surface area (Å²) in [5.74, 6) is -0.427. The summed E-state index contributed by atoms with van der Waals surface area (Å²) < 4.78 is 43.3. The second-order valence-corrected chi connectivity index (χ2v) is 6.68. The number of rotatable bonds is 7. The van der Waals surface area contributed by atoms with Crippen LogP contribution in [0.15, 0.2) is 23.2 Å². The number of aliphatic imine (C=N–C) groups is 1. The summed E-state index contributed by atoms with van der Waals surface area (Å²) in [6.07, 6.45) is 0. The summed E-state index contributed by atoms with van der Waals surface area (Å²) in [5, 5.41) is 7.03.